The summed E-state index contributed by atoms with van der Waals surface area (Å²) < 4.78 is 5.29. The van der Waals surface area contributed by atoms with Crippen LogP contribution in [0.5, 0.6) is 5.75 Å². The third kappa shape index (κ3) is 2.03. The Kier molecular flexibility index (Phi) is 2.84. The molecule has 3 heterocycles. The van der Waals surface area contributed by atoms with Crippen LogP contribution in [0.2, 0.25) is 0 Å². The number of carbonyl (C=O) groups is 1. The van der Waals surface area contributed by atoms with Gasteiger partial charge in [0.05, 0.1) is 12.7 Å². The van der Waals surface area contributed by atoms with Crippen molar-refractivity contribution >= 4 is 27.8 Å². The van der Waals surface area contributed by atoms with Crippen molar-refractivity contribution in [1.82, 2.24) is 15.0 Å². The van der Waals surface area contributed by atoms with Gasteiger partial charge in [-0.25, -0.2) is 4.98 Å². The van der Waals surface area contributed by atoms with Crippen molar-refractivity contribution in [2.24, 2.45) is 5.73 Å². The molecular weight excluding hydrogens is 292 g/mol. The molecule has 4 aromatic rings. The summed E-state index contributed by atoms with van der Waals surface area (Å²) in [5.41, 5.74) is 9.36. The lowest BCUT2D eigenvalue weighted by atomic mass is 10.1. The molecule has 0 fully saturated rings. The maximum atomic E-state index is 11.6. The predicted molar refractivity (Wildman–Crippen MR) is 88.5 cm³/mol. The highest BCUT2D eigenvalue weighted by Gasteiger charge is 2.14. The van der Waals surface area contributed by atoms with E-state index >= 15 is 0 Å². The number of fused-ring (bicyclic) bond motifs is 2. The Hall–Kier alpha value is -3.28. The number of nitrogens with zero attached hydrogens (tertiary/aromatic N) is 1. The number of primary amides is 1. The van der Waals surface area contributed by atoms with Crippen LogP contribution in [-0.2, 0) is 0 Å². The Morgan fingerprint density at radius 1 is 1.22 bits per heavy atom. The van der Waals surface area contributed by atoms with Crippen molar-refractivity contribution in [2.45, 2.75) is 0 Å². The molecule has 4 N–H and O–H groups in total. The highest BCUT2D eigenvalue weighted by atomic mass is 16.5. The quantitative estimate of drug-likeness (QED) is 0.543. The number of aromatic nitrogens is 3. The van der Waals surface area contributed by atoms with Crippen LogP contribution in [0.3, 0.4) is 0 Å². The van der Waals surface area contributed by atoms with Gasteiger partial charge in [-0.2, -0.15) is 0 Å². The molecule has 4 rings (SSSR count). The first-order valence-corrected chi connectivity index (χ1v) is 7.10. The lowest BCUT2D eigenvalue weighted by Crippen LogP contribution is -2.11. The summed E-state index contributed by atoms with van der Waals surface area (Å²) in [6, 6.07) is 9.36. The number of carbonyl (C=O) groups excluding carboxylic acids is 1. The number of hydrogen-bond donors (Lipinski definition) is 3. The van der Waals surface area contributed by atoms with Crippen molar-refractivity contribution in [3.8, 4) is 17.0 Å². The summed E-state index contributed by atoms with van der Waals surface area (Å²) in [7, 11) is 1.64. The molecule has 6 nitrogen and oxygen atoms in total. The van der Waals surface area contributed by atoms with E-state index in [-0.39, 0.29) is 0 Å². The van der Waals surface area contributed by atoms with Gasteiger partial charge in [0.25, 0.3) is 0 Å². The van der Waals surface area contributed by atoms with Crippen molar-refractivity contribution in [2.75, 3.05) is 7.11 Å². The molecular formula is C17H14N4O2. The summed E-state index contributed by atoms with van der Waals surface area (Å²) in [6.07, 6.45) is 3.49. The minimum Gasteiger partial charge on any atom is -0.497 e. The second-order valence-electron chi connectivity index (χ2n) is 5.28. The molecule has 0 unspecified atom stereocenters. The van der Waals surface area contributed by atoms with Crippen LogP contribution < -0.4 is 10.5 Å². The van der Waals surface area contributed by atoms with E-state index in [1.165, 1.54) is 0 Å². The van der Waals surface area contributed by atoms with Gasteiger partial charge in [0, 0.05) is 39.9 Å². The lowest BCUT2D eigenvalue weighted by Gasteiger charge is -2.00. The average molecular weight is 306 g/mol. The Labute approximate surface area is 131 Å². The lowest BCUT2D eigenvalue weighted by molar-refractivity contribution is 0.100. The van der Waals surface area contributed by atoms with E-state index in [4.69, 9.17) is 10.5 Å². The van der Waals surface area contributed by atoms with Gasteiger partial charge in [0.15, 0.2) is 0 Å². The molecule has 0 atom stereocenters. The Morgan fingerprint density at radius 3 is 2.87 bits per heavy atom. The van der Waals surface area contributed by atoms with Crippen LogP contribution in [0.4, 0.5) is 0 Å². The first-order valence-electron chi connectivity index (χ1n) is 7.10. The maximum absolute atomic E-state index is 11.6. The Bertz CT molecular complexity index is 1050. The highest BCUT2D eigenvalue weighted by Crippen LogP contribution is 2.32. The van der Waals surface area contributed by atoms with Crippen molar-refractivity contribution in [1.29, 1.82) is 0 Å². The normalized spacial score (nSPS) is 11.2. The smallest absolute Gasteiger partial charge is 0.249 e. The highest BCUT2D eigenvalue weighted by molar-refractivity contribution is 6.07. The summed E-state index contributed by atoms with van der Waals surface area (Å²) in [5.74, 6) is 0.314. The van der Waals surface area contributed by atoms with E-state index in [9.17, 15) is 4.79 Å². The molecule has 0 radical (unpaired) electrons. The minimum absolute atomic E-state index is 0.454. The van der Waals surface area contributed by atoms with E-state index in [0.717, 1.165) is 27.9 Å². The van der Waals surface area contributed by atoms with Crippen molar-refractivity contribution in [3.63, 3.8) is 0 Å². The maximum Gasteiger partial charge on any atom is 0.249 e. The van der Waals surface area contributed by atoms with Crippen LogP contribution in [-0.4, -0.2) is 28.0 Å². The van der Waals surface area contributed by atoms with Crippen LogP contribution in [0.1, 0.15) is 10.4 Å². The number of methoxy groups -OCH3 is 1. The molecule has 23 heavy (non-hydrogen) atoms. The number of benzene rings is 1. The number of nitrogens with one attached hydrogen (secondary N) is 2. The molecule has 1 amide bonds. The molecule has 0 bridgehead atoms. The zero-order valence-electron chi connectivity index (χ0n) is 12.4. The SMILES string of the molecule is COc1ccc2[nH]cc(-c3cc4c(C(N)=O)ccnc4[nH]3)c2c1. The van der Waals surface area contributed by atoms with Gasteiger partial charge in [0.1, 0.15) is 11.4 Å². The molecule has 1 aromatic carbocycles. The molecule has 0 aliphatic rings. The number of amides is 1. The monoisotopic (exact) mass is 306 g/mol. The molecule has 0 aliphatic heterocycles. The van der Waals surface area contributed by atoms with Crippen LogP contribution in [0.25, 0.3) is 33.2 Å². The predicted octanol–water partition coefficient (Wildman–Crippen LogP) is 2.82. The van der Waals surface area contributed by atoms with E-state index in [1.54, 1.807) is 19.4 Å². The molecule has 0 saturated carbocycles. The second-order valence-corrected chi connectivity index (χ2v) is 5.28. The van der Waals surface area contributed by atoms with Crippen LogP contribution in [0, 0.1) is 0 Å². The van der Waals surface area contributed by atoms with Gasteiger partial charge in [-0.15, -0.1) is 0 Å². The minimum atomic E-state index is -0.469. The Balaban J connectivity index is 1.96. The molecule has 3 aromatic heterocycles. The summed E-state index contributed by atoms with van der Waals surface area (Å²) in [6.45, 7) is 0. The van der Waals surface area contributed by atoms with E-state index in [1.807, 2.05) is 30.5 Å². The number of ether oxygens (including phenoxy) is 1. The number of aromatic amines is 2. The topological polar surface area (TPSA) is 96.8 Å². The molecule has 6 heteroatoms. The van der Waals surface area contributed by atoms with Gasteiger partial charge in [-0.3, -0.25) is 4.79 Å². The third-order valence-corrected chi connectivity index (χ3v) is 3.98. The van der Waals surface area contributed by atoms with Crippen LogP contribution >= 0.6 is 0 Å². The van der Waals surface area contributed by atoms with Gasteiger partial charge < -0.3 is 20.4 Å². The summed E-state index contributed by atoms with van der Waals surface area (Å²) in [4.78, 5) is 22.3. The number of nitrogens with two attached hydrogens (primary N) is 1. The summed E-state index contributed by atoms with van der Waals surface area (Å²) in [5, 5.41) is 1.74. The first kappa shape index (κ1) is 13.4. The van der Waals surface area contributed by atoms with E-state index < -0.39 is 5.91 Å². The Morgan fingerprint density at radius 2 is 2.09 bits per heavy atom. The fraction of sp³-hybridized carbons (Fsp3) is 0.0588. The van der Waals surface area contributed by atoms with Crippen molar-refractivity contribution < 1.29 is 9.53 Å². The van der Waals surface area contributed by atoms with E-state index in [2.05, 4.69) is 15.0 Å². The largest absolute Gasteiger partial charge is 0.497 e. The molecule has 0 spiro atoms. The molecule has 114 valence electrons. The van der Waals surface area contributed by atoms with Crippen LogP contribution in [0.15, 0.2) is 42.7 Å². The fourth-order valence-corrected chi connectivity index (χ4v) is 2.84. The van der Waals surface area contributed by atoms with E-state index in [0.29, 0.717) is 16.6 Å². The van der Waals surface area contributed by atoms with Gasteiger partial charge in [0.2, 0.25) is 5.91 Å². The third-order valence-electron chi connectivity index (χ3n) is 3.98. The number of hydrogen-bond acceptors (Lipinski definition) is 3. The number of H-pyrrole nitrogens is 2. The number of rotatable bonds is 3. The van der Waals surface area contributed by atoms with Crippen molar-refractivity contribution in [3.05, 3.63) is 48.3 Å². The second kappa shape index (κ2) is 4.88. The fourth-order valence-electron chi connectivity index (χ4n) is 2.84. The first-order chi connectivity index (χ1) is 11.2. The van der Waals surface area contributed by atoms with Gasteiger partial charge in [-0.05, 0) is 30.3 Å². The average Bonchev–Trinajstić information content (AvgIpc) is 3.16. The molecule has 0 aliphatic carbocycles. The molecule has 0 saturated heterocycles. The summed E-state index contributed by atoms with van der Waals surface area (Å²) >= 11 is 0. The zero-order chi connectivity index (χ0) is 16.0. The standard InChI is InChI=1S/C17H14N4O2/c1-23-9-2-3-14-11(6-9)13(8-20-14)15-7-12-10(16(18)22)4-5-19-17(12)21-15/h2-8,20H,1H3,(H2,18,22)(H,19,21). The zero-order valence-corrected chi connectivity index (χ0v) is 12.4. The van der Waals surface area contributed by atoms with Gasteiger partial charge >= 0.3 is 0 Å². The van der Waals surface area contributed by atoms with Gasteiger partial charge in [-0.1, -0.05) is 0 Å². The number of pyridine rings is 1.